The Hall–Kier alpha value is -1.85. The van der Waals surface area contributed by atoms with Crippen LogP contribution in [0.4, 0.5) is 0 Å². The van der Waals surface area contributed by atoms with Gasteiger partial charge in [0.15, 0.2) is 6.29 Å². The quantitative estimate of drug-likeness (QED) is 0.0261. The number of amides is 1. The summed E-state index contributed by atoms with van der Waals surface area (Å²) in [4.78, 5) is 13.1. The van der Waals surface area contributed by atoms with Crippen molar-refractivity contribution >= 4 is 5.91 Å². The Labute approximate surface area is 444 Å². The monoisotopic (exact) mass is 1020 g/mol. The third kappa shape index (κ3) is 41.4. The number of unbranched alkanes of at least 4 members (excludes halogenated alkanes) is 35. The maximum Gasteiger partial charge on any atom is 0.220 e. The van der Waals surface area contributed by atoms with Crippen LogP contribution in [0, 0.1) is 0 Å². The highest BCUT2D eigenvalue weighted by Gasteiger charge is 2.44. The Bertz CT molecular complexity index is 1270. The molecule has 0 saturated carbocycles. The first-order valence-corrected chi connectivity index (χ1v) is 30.8. The molecule has 0 aromatic heterocycles. The number of nitrogens with one attached hydrogen (secondary N) is 1. The third-order valence-electron chi connectivity index (χ3n) is 14.7. The van der Waals surface area contributed by atoms with E-state index in [-0.39, 0.29) is 12.5 Å². The van der Waals surface area contributed by atoms with E-state index in [1.54, 1.807) is 0 Å². The molecule has 1 aliphatic rings. The van der Waals surface area contributed by atoms with Crippen LogP contribution in [0.5, 0.6) is 0 Å². The normalized spacial score (nSPS) is 19.5. The zero-order valence-corrected chi connectivity index (χ0v) is 46.9. The second-order valence-corrected chi connectivity index (χ2v) is 21.5. The van der Waals surface area contributed by atoms with Crippen LogP contribution in [0.3, 0.4) is 0 Å². The molecule has 7 atom stereocenters. The van der Waals surface area contributed by atoms with E-state index in [0.29, 0.717) is 12.8 Å². The Morgan fingerprint density at radius 3 is 1.28 bits per heavy atom. The topological polar surface area (TPSA) is 149 Å². The Morgan fingerprint density at radius 2 is 0.861 bits per heavy atom. The molecule has 1 amide bonds. The van der Waals surface area contributed by atoms with E-state index < -0.39 is 49.5 Å². The van der Waals surface area contributed by atoms with Gasteiger partial charge in [-0.25, -0.2) is 0 Å². The zero-order valence-electron chi connectivity index (χ0n) is 46.9. The summed E-state index contributed by atoms with van der Waals surface area (Å²) in [5.41, 5.74) is 0. The highest BCUT2D eigenvalue weighted by molar-refractivity contribution is 5.76. The van der Waals surface area contributed by atoms with Crippen LogP contribution in [0.25, 0.3) is 0 Å². The summed E-state index contributed by atoms with van der Waals surface area (Å²) in [7, 11) is 0. The van der Waals surface area contributed by atoms with Crippen molar-refractivity contribution in [3.63, 3.8) is 0 Å². The molecular weight excluding hydrogens is 899 g/mol. The van der Waals surface area contributed by atoms with Crippen molar-refractivity contribution in [3.05, 3.63) is 48.6 Å². The van der Waals surface area contributed by atoms with E-state index in [1.807, 2.05) is 0 Å². The van der Waals surface area contributed by atoms with E-state index in [4.69, 9.17) is 9.47 Å². The van der Waals surface area contributed by atoms with Gasteiger partial charge in [-0.05, 0) is 51.4 Å². The van der Waals surface area contributed by atoms with Crippen molar-refractivity contribution in [1.29, 1.82) is 0 Å². The fourth-order valence-corrected chi connectivity index (χ4v) is 9.86. The third-order valence-corrected chi connectivity index (χ3v) is 14.7. The first kappa shape index (κ1) is 68.2. The van der Waals surface area contributed by atoms with Gasteiger partial charge < -0.3 is 40.3 Å². The summed E-state index contributed by atoms with van der Waals surface area (Å²) >= 11 is 0. The lowest BCUT2D eigenvalue weighted by Crippen LogP contribution is -2.60. The van der Waals surface area contributed by atoms with Crippen molar-refractivity contribution in [2.75, 3.05) is 13.2 Å². The summed E-state index contributed by atoms with van der Waals surface area (Å²) < 4.78 is 11.3. The lowest BCUT2D eigenvalue weighted by Gasteiger charge is -2.40. The van der Waals surface area contributed by atoms with Crippen LogP contribution in [0.15, 0.2) is 48.6 Å². The van der Waals surface area contributed by atoms with Crippen molar-refractivity contribution in [1.82, 2.24) is 5.32 Å². The molecule has 7 unspecified atom stereocenters. The first-order valence-electron chi connectivity index (χ1n) is 30.8. The van der Waals surface area contributed by atoms with Gasteiger partial charge in [-0.1, -0.05) is 281 Å². The average molecular weight is 1020 g/mol. The number of hydrogen-bond acceptors (Lipinski definition) is 8. The average Bonchev–Trinajstić information content (AvgIpc) is 3.38. The van der Waals surface area contributed by atoms with Gasteiger partial charge in [-0.3, -0.25) is 4.79 Å². The molecule has 9 heteroatoms. The molecule has 72 heavy (non-hydrogen) atoms. The number of hydrogen-bond donors (Lipinski definition) is 6. The molecule has 0 aromatic carbocycles. The van der Waals surface area contributed by atoms with E-state index >= 15 is 0 Å². The van der Waals surface area contributed by atoms with Crippen molar-refractivity contribution < 1.29 is 39.8 Å². The molecule has 422 valence electrons. The van der Waals surface area contributed by atoms with Gasteiger partial charge in [-0.2, -0.15) is 0 Å². The molecule has 0 aliphatic carbocycles. The first-order chi connectivity index (χ1) is 35.3. The van der Waals surface area contributed by atoms with Gasteiger partial charge in [-0.15, -0.1) is 0 Å². The van der Waals surface area contributed by atoms with Crippen LogP contribution < -0.4 is 5.32 Å². The molecule has 0 bridgehead atoms. The maximum absolute atomic E-state index is 13.1. The van der Waals surface area contributed by atoms with E-state index in [1.165, 1.54) is 199 Å². The minimum Gasteiger partial charge on any atom is -0.394 e. The Kier molecular flexibility index (Phi) is 49.8. The molecule has 0 spiro atoms. The second kappa shape index (κ2) is 52.6. The minimum absolute atomic E-state index is 0.135. The largest absolute Gasteiger partial charge is 0.394 e. The number of rotatable bonds is 53. The molecule has 9 nitrogen and oxygen atoms in total. The molecule has 1 aliphatic heterocycles. The molecule has 0 aromatic rings. The minimum atomic E-state index is -1.55. The standard InChI is InChI=1S/C63H117NO8/c1-3-5-7-9-11-13-15-17-19-21-23-24-25-26-27-28-29-30-31-32-33-34-35-37-39-41-43-45-47-49-51-53-59(67)64-56(55-71-63-62(70)61(69)60(68)58(54-65)72-63)57(66)52-50-48-46-44-42-40-38-36-22-20-18-16-14-12-10-8-6-4-2/h5,7,11,13,17,19,23-24,56-58,60-63,65-66,68-70H,3-4,6,8-10,12,14-16,18,20-22,25-55H2,1-2H3,(H,64,67)/b7-5-,13-11-,19-17-,24-23-. The molecule has 1 fully saturated rings. The Morgan fingerprint density at radius 1 is 0.486 bits per heavy atom. The van der Waals surface area contributed by atoms with Gasteiger partial charge in [0.1, 0.15) is 24.4 Å². The van der Waals surface area contributed by atoms with Gasteiger partial charge in [0.25, 0.3) is 0 Å². The lowest BCUT2D eigenvalue weighted by molar-refractivity contribution is -0.302. The fraction of sp³-hybridized carbons (Fsp3) is 0.857. The smallest absolute Gasteiger partial charge is 0.220 e. The summed E-state index contributed by atoms with van der Waals surface area (Å²) in [6.07, 6.45) is 62.9. The summed E-state index contributed by atoms with van der Waals surface area (Å²) in [6, 6.07) is -0.719. The van der Waals surface area contributed by atoms with Crippen LogP contribution in [-0.2, 0) is 14.3 Å². The highest BCUT2D eigenvalue weighted by Crippen LogP contribution is 2.23. The summed E-state index contributed by atoms with van der Waals surface area (Å²) in [5, 5.41) is 54.7. The van der Waals surface area contributed by atoms with E-state index in [0.717, 1.165) is 64.2 Å². The van der Waals surface area contributed by atoms with Crippen LogP contribution >= 0.6 is 0 Å². The second-order valence-electron chi connectivity index (χ2n) is 21.5. The van der Waals surface area contributed by atoms with Gasteiger partial charge in [0, 0.05) is 6.42 Å². The molecule has 0 radical (unpaired) electrons. The van der Waals surface area contributed by atoms with E-state index in [9.17, 15) is 30.3 Å². The predicted octanol–water partition coefficient (Wildman–Crippen LogP) is 15.7. The number of allylic oxidation sites excluding steroid dienone is 8. The lowest BCUT2D eigenvalue weighted by atomic mass is 9.99. The van der Waals surface area contributed by atoms with E-state index in [2.05, 4.69) is 67.8 Å². The molecule has 6 N–H and O–H groups in total. The molecule has 1 heterocycles. The number of aliphatic hydroxyl groups is 5. The maximum atomic E-state index is 13.1. The molecule has 1 rings (SSSR count). The fourth-order valence-electron chi connectivity index (χ4n) is 9.86. The summed E-state index contributed by atoms with van der Waals surface area (Å²) in [5.74, 6) is -0.140. The van der Waals surface area contributed by atoms with Crippen molar-refractivity contribution in [2.24, 2.45) is 0 Å². The SMILES string of the molecule is CC/C=C\C/C=C\C/C=C\C/C=C\CCCCCCCCCCCCCCCCCCCCC(=O)NC(COC1OC(CO)C(O)C(O)C1O)C(O)CCCCCCCCCCCCCCCCCCCC. The predicted molar refractivity (Wildman–Crippen MR) is 304 cm³/mol. The van der Waals surface area contributed by atoms with Gasteiger partial charge in [0.2, 0.25) is 5.91 Å². The summed E-state index contributed by atoms with van der Waals surface area (Å²) in [6.45, 7) is 3.76. The number of ether oxygens (including phenoxy) is 2. The zero-order chi connectivity index (χ0) is 52.2. The number of aliphatic hydroxyl groups excluding tert-OH is 5. The highest BCUT2D eigenvalue weighted by atomic mass is 16.7. The molecule has 1 saturated heterocycles. The van der Waals surface area contributed by atoms with Crippen molar-refractivity contribution in [2.45, 2.75) is 333 Å². The number of carbonyl (C=O) groups excluding carboxylic acids is 1. The van der Waals surface area contributed by atoms with Gasteiger partial charge in [0.05, 0.1) is 25.4 Å². The van der Waals surface area contributed by atoms with Crippen LogP contribution in [0.1, 0.15) is 290 Å². The molecular formula is C63H117NO8. The Balaban J connectivity index is 2.13. The van der Waals surface area contributed by atoms with Crippen LogP contribution in [0.2, 0.25) is 0 Å². The number of carbonyl (C=O) groups is 1. The van der Waals surface area contributed by atoms with Crippen LogP contribution in [-0.4, -0.2) is 87.5 Å². The van der Waals surface area contributed by atoms with Gasteiger partial charge >= 0.3 is 0 Å². The van der Waals surface area contributed by atoms with Crippen molar-refractivity contribution in [3.8, 4) is 0 Å².